The Balaban J connectivity index is 1.78. The van der Waals surface area contributed by atoms with Crippen molar-refractivity contribution < 1.29 is 27.3 Å². The number of nitrogens with two attached hydrogens (primary N) is 1. The van der Waals surface area contributed by atoms with Crippen molar-refractivity contribution in [2.75, 3.05) is 43.6 Å². The monoisotopic (exact) mass is 535 g/mol. The molecule has 8 nitrogen and oxygen atoms in total. The van der Waals surface area contributed by atoms with Crippen molar-refractivity contribution in [3.8, 4) is 5.75 Å². The van der Waals surface area contributed by atoms with Crippen LogP contribution < -0.4 is 21.1 Å². The lowest BCUT2D eigenvalue weighted by Gasteiger charge is -2.32. The van der Waals surface area contributed by atoms with Crippen molar-refractivity contribution in [1.82, 2.24) is 14.9 Å². The van der Waals surface area contributed by atoms with Crippen molar-refractivity contribution in [1.29, 1.82) is 0 Å². The van der Waals surface area contributed by atoms with E-state index in [0.29, 0.717) is 59.0 Å². The summed E-state index contributed by atoms with van der Waals surface area (Å²) in [5, 5.41) is 4.14. The summed E-state index contributed by atoms with van der Waals surface area (Å²) in [7, 11) is -1.43. The van der Waals surface area contributed by atoms with Gasteiger partial charge in [0.1, 0.15) is 30.4 Å². The molecule has 0 aliphatic carbocycles. The molecule has 37 heavy (non-hydrogen) atoms. The van der Waals surface area contributed by atoms with Gasteiger partial charge >= 0.3 is 0 Å². The number of alkyl halides is 2. The average Bonchev–Trinajstić information content (AvgIpc) is 2.84. The summed E-state index contributed by atoms with van der Waals surface area (Å²) in [6, 6.07) is 4.85. The van der Waals surface area contributed by atoms with Crippen LogP contribution in [-0.4, -0.2) is 53.3 Å². The van der Waals surface area contributed by atoms with Crippen molar-refractivity contribution in [3.05, 3.63) is 47.0 Å². The molecule has 0 bridgehead atoms. The molecule has 1 amide bonds. The quantitative estimate of drug-likeness (QED) is 0.350. The van der Waals surface area contributed by atoms with E-state index in [4.69, 9.17) is 10.5 Å². The summed E-state index contributed by atoms with van der Waals surface area (Å²) in [4.78, 5) is 22.4. The molecule has 2 heterocycles. The number of nitrogens with one attached hydrogen (secondary N) is 1. The predicted molar refractivity (Wildman–Crippen MR) is 138 cm³/mol. The average molecular weight is 536 g/mol. The fraction of sp³-hybridized carbons (Fsp3) is 0.400. The highest BCUT2D eigenvalue weighted by molar-refractivity contribution is 7.72. The van der Waals surface area contributed by atoms with Crippen molar-refractivity contribution in [3.63, 3.8) is 0 Å². The lowest BCUT2D eigenvalue weighted by atomic mass is 10.0. The molecule has 198 valence electrons. The van der Waals surface area contributed by atoms with Gasteiger partial charge in [0, 0.05) is 55.0 Å². The highest BCUT2D eigenvalue weighted by atomic mass is 31.2. The first-order valence-corrected chi connectivity index (χ1v) is 13.8. The van der Waals surface area contributed by atoms with Gasteiger partial charge in [0.25, 0.3) is 6.43 Å². The summed E-state index contributed by atoms with van der Waals surface area (Å²) in [5.74, 6) is 0.0637. The van der Waals surface area contributed by atoms with E-state index < -0.39 is 31.0 Å². The fourth-order valence-corrected chi connectivity index (χ4v) is 7.40. The van der Waals surface area contributed by atoms with E-state index >= 15 is 0 Å². The van der Waals surface area contributed by atoms with E-state index in [1.807, 2.05) is 0 Å². The Labute approximate surface area is 212 Å². The Bertz CT molecular complexity index is 1410. The van der Waals surface area contributed by atoms with Crippen LogP contribution in [0.2, 0.25) is 0 Å². The number of hydrogen-bond acceptors (Lipinski definition) is 7. The Morgan fingerprint density at radius 1 is 1.16 bits per heavy atom. The minimum atomic E-state index is -3.02. The zero-order chi connectivity index (χ0) is 27.1. The van der Waals surface area contributed by atoms with E-state index in [2.05, 4.69) is 15.3 Å². The molecule has 0 saturated carbocycles. The molecular weight excluding hydrogens is 506 g/mol. The van der Waals surface area contributed by atoms with Gasteiger partial charge in [-0.05, 0) is 32.0 Å². The van der Waals surface area contributed by atoms with E-state index in [9.17, 15) is 22.5 Å². The number of halogens is 3. The zero-order valence-corrected chi connectivity index (χ0v) is 21.9. The molecule has 4 rings (SSSR count). The summed E-state index contributed by atoms with van der Waals surface area (Å²) in [5.41, 5.74) is 5.50. The highest BCUT2D eigenvalue weighted by Crippen LogP contribution is 2.49. The minimum Gasteiger partial charge on any atom is -0.496 e. The van der Waals surface area contributed by atoms with Crippen molar-refractivity contribution in [2.24, 2.45) is 0 Å². The lowest BCUT2D eigenvalue weighted by molar-refractivity contribution is -0.128. The number of hydrogen-bond donors (Lipinski definition) is 2. The van der Waals surface area contributed by atoms with Crippen LogP contribution in [0.4, 0.5) is 24.7 Å². The van der Waals surface area contributed by atoms with E-state index in [-0.39, 0.29) is 17.2 Å². The second kappa shape index (κ2) is 10.2. The number of aryl methyl sites for hydroxylation is 1. The summed E-state index contributed by atoms with van der Waals surface area (Å²) in [6.45, 7) is 5.54. The maximum Gasteiger partial charge on any atom is 0.266 e. The lowest BCUT2D eigenvalue weighted by Crippen LogP contribution is -2.40. The molecule has 1 saturated heterocycles. The Morgan fingerprint density at radius 2 is 1.81 bits per heavy atom. The molecule has 3 N–H and O–H groups in total. The van der Waals surface area contributed by atoms with E-state index in [1.54, 1.807) is 30.9 Å². The molecule has 0 unspecified atom stereocenters. The Hall–Kier alpha value is -3.33. The number of ether oxygens (including phenoxy) is 1. The molecule has 12 heteroatoms. The maximum atomic E-state index is 14.9. The third-order valence-corrected chi connectivity index (χ3v) is 9.73. The summed E-state index contributed by atoms with van der Waals surface area (Å²) >= 11 is 0. The molecule has 0 radical (unpaired) electrons. The predicted octanol–water partition coefficient (Wildman–Crippen LogP) is 4.63. The smallest absolute Gasteiger partial charge is 0.266 e. The maximum absolute atomic E-state index is 14.9. The third-order valence-electron chi connectivity index (χ3n) is 6.66. The molecule has 1 fully saturated rings. The number of nitrogen functional groups attached to an aromatic ring is 1. The number of fused-ring (bicyclic) bond motifs is 1. The largest absolute Gasteiger partial charge is 0.496 e. The number of methoxy groups -OCH3 is 1. The second-order valence-corrected chi connectivity index (χ2v) is 12.3. The van der Waals surface area contributed by atoms with Crippen LogP contribution in [0.15, 0.2) is 24.3 Å². The van der Waals surface area contributed by atoms with Gasteiger partial charge in [-0.25, -0.2) is 23.1 Å². The van der Waals surface area contributed by atoms with Gasteiger partial charge in [-0.2, -0.15) is 0 Å². The molecule has 2 aromatic carbocycles. The Kier molecular flexibility index (Phi) is 7.37. The number of anilines is 2. The molecule has 0 spiro atoms. The topological polar surface area (TPSA) is 110 Å². The second-order valence-electron chi connectivity index (χ2n) is 9.18. The number of carbonyl (C=O) groups excluding carboxylic acids is 1. The number of amides is 1. The van der Waals surface area contributed by atoms with Gasteiger partial charge in [-0.15, -0.1) is 0 Å². The Morgan fingerprint density at radius 3 is 2.41 bits per heavy atom. The van der Waals surface area contributed by atoms with Crippen molar-refractivity contribution in [2.45, 2.75) is 33.2 Å². The van der Waals surface area contributed by atoms with Crippen LogP contribution in [0.5, 0.6) is 5.75 Å². The number of carbonyl (C=O) groups is 1. The molecule has 1 aliphatic rings. The van der Waals surface area contributed by atoms with Gasteiger partial charge in [0.15, 0.2) is 0 Å². The SMILES string of the molecule is COc1cc2nc(C)nc(N[C@H](C)c3cc(N)cc(C(F)F)c3F)c2cc1P1(=O)CCN(C(C)=O)CC1. The summed E-state index contributed by atoms with van der Waals surface area (Å²) < 4.78 is 61.2. The van der Waals surface area contributed by atoms with Crippen LogP contribution in [0.3, 0.4) is 0 Å². The van der Waals surface area contributed by atoms with Gasteiger partial charge in [-0.3, -0.25) is 4.79 Å². The minimum absolute atomic E-state index is 0.0195. The molecule has 1 aromatic heterocycles. The van der Waals surface area contributed by atoms with E-state index in [0.717, 1.165) is 6.07 Å². The van der Waals surface area contributed by atoms with Crippen LogP contribution in [0, 0.1) is 12.7 Å². The first-order valence-electron chi connectivity index (χ1n) is 11.8. The number of aromatic nitrogens is 2. The van der Waals surface area contributed by atoms with Gasteiger partial charge in [0.05, 0.1) is 29.5 Å². The zero-order valence-electron chi connectivity index (χ0n) is 21.0. The van der Waals surface area contributed by atoms with Crippen LogP contribution in [0.1, 0.15) is 43.3 Å². The van der Waals surface area contributed by atoms with Crippen LogP contribution in [-0.2, 0) is 9.36 Å². The first kappa shape index (κ1) is 26.7. The number of benzene rings is 2. The van der Waals surface area contributed by atoms with Crippen molar-refractivity contribution >= 4 is 40.8 Å². The number of rotatable bonds is 6. The van der Waals surface area contributed by atoms with Crippen LogP contribution >= 0.6 is 7.14 Å². The number of nitrogens with zero attached hydrogens (tertiary/aromatic N) is 3. The van der Waals surface area contributed by atoms with Gasteiger partial charge < -0.3 is 25.3 Å². The standard InChI is InChI=1S/C25H29F3N5O3P/c1-13(17-9-16(29)10-19(23(17)26)24(27)28)30-25-18-11-22(21(36-4)12-20(18)31-14(2)32-25)37(35)7-5-33(6-8-37)15(3)34/h9-13,24H,5-8,29H2,1-4H3,(H,30,31,32)/t13-/m1/s1. The normalized spacial score (nSPS) is 16.2. The molecule has 1 aliphatic heterocycles. The molecule has 1 atom stereocenters. The third kappa shape index (κ3) is 5.23. The molecular formula is C25H29F3N5O3P. The summed E-state index contributed by atoms with van der Waals surface area (Å²) in [6.07, 6.45) is -2.39. The molecule has 3 aromatic rings. The van der Waals surface area contributed by atoms with Gasteiger partial charge in [-0.1, -0.05) is 0 Å². The fourth-order valence-electron chi connectivity index (χ4n) is 4.65. The van der Waals surface area contributed by atoms with Gasteiger partial charge in [0.2, 0.25) is 5.91 Å². The van der Waals surface area contributed by atoms with Crippen LogP contribution in [0.25, 0.3) is 10.9 Å². The highest BCUT2D eigenvalue weighted by Gasteiger charge is 2.34. The first-order chi connectivity index (χ1) is 17.4. The van der Waals surface area contributed by atoms with E-state index in [1.165, 1.54) is 20.1 Å².